The molecule has 0 spiro atoms. The number of hydrogen-bond acceptors (Lipinski definition) is 4. The fraction of sp³-hybridized carbons (Fsp3) is 0.250. The lowest BCUT2D eigenvalue weighted by Crippen LogP contribution is -2.28. The first-order chi connectivity index (χ1) is 13.0. The Labute approximate surface area is 161 Å². The van der Waals surface area contributed by atoms with Crippen molar-refractivity contribution < 1.29 is 19.5 Å². The van der Waals surface area contributed by atoms with Gasteiger partial charge in [0, 0.05) is 13.1 Å². The average Bonchev–Trinajstić information content (AvgIpc) is 2.97. The van der Waals surface area contributed by atoms with E-state index in [1.165, 1.54) is 4.90 Å². The predicted octanol–water partition coefficient (Wildman–Crippen LogP) is 3.75. The van der Waals surface area contributed by atoms with Crippen molar-refractivity contribution in [3.05, 3.63) is 59.7 Å². The van der Waals surface area contributed by atoms with Gasteiger partial charge >= 0.3 is 6.09 Å². The first-order valence-electron chi connectivity index (χ1n) is 8.64. The van der Waals surface area contributed by atoms with Crippen LogP contribution in [0.15, 0.2) is 48.5 Å². The van der Waals surface area contributed by atoms with Crippen molar-refractivity contribution in [3.8, 4) is 11.1 Å². The number of nitrogens with one attached hydrogen (secondary N) is 1. The molecule has 0 saturated carbocycles. The summed E-state index contributed by atoms with van der Waals surface area (Å²) < 4.78 is 0. The summed E-state index contributed by atoms with van der Waals surface area (Å²) in [6.45, 7) is 2.59. The first kappa shape index (κ1) is 19.0. The highest BCUT2D eigenvalue weighted by Crippen LogP contribution is 2.25. The van der Waals surface area contributed by atoms with Gasteiger partial charge in [-0.3, -0.25) is 14.9 Å². The zero-order valence-electron chi connectivity index (χ0n) is 14.8. The van der Waals surface area contributed by atoms with Crippen molar-refractivity contribution in [1.82, 2.24) is 10.2 Å². The van der Waals surface area contributed by atoms with E-state index in [1.54, 1.807) is 0 Å². The Balaban J connectivity index is 1.71. The van der Waals surface area contributed by atoms with E-state index in [2.05, 4.69) is 5.32 Å². The van der Waals surface area contributed by atoms with Gasteiger partial charge in [0.05, 0.1) is 5.25 Å². The lowest BCUT2D eigenvalue weighted by molar-refractivity contribution is -0.118. The molecule has 1 heterocycles. The minimum absolute atomic E-state index is 0.235. The van der Waals surface area contributed by atoms with E-state index in [9.17, 15) is 19.5 Å². The van der Waals surface area contributed by atoms with Gasteiger partial charge in [0.25, 0.3) is 5.24 Å². The molecule has 6 nitrogen and oxygen atoms in total. The van der Waals surface area contributed by atoms with Gasteiger partial charge in [-0.25, -0.2) is 4.79 Å². The van der Waals surface area contributed by atoms with Crippen molar-refractivity contribution in [2.24, 2.45) is 0 Å². The third-order valence-electron chi connectivity index (χ3n) is 4.43. The summed E-state index contributed by atoms with van der Waals surface area (Å²) in [6, 6.07) is 15.7. The van der Waals surface area contributed by atoms with E-state index in [1.807, 2.05) is 55.5 Å². The Morgan fingerprint density at radius 3 is 2.44 bits per heavy atom. The molecule has 3 amide bonds. The van der Waals surface area contributed by atoms with E-state index in [0.29, 0.717) is 19.5 Å². The molecule has 1 aliphatic rings. The Morgan fingerprint density at radius 2 is 1.85 bits per heavy atom. The Bertz CT molecular complexity index is 867. The molecule has 1 saturated heterocycles. The molecule has 1 aliphatic heterocycles. The van der Waals surface area contributed by atoms with Crippen LogP contribution in [0.5, 0.6) is 0 Å². The normalized spacial score (nSPS) is 16.3. The monoisotopic (exact) mass is 384 g/mol. The van der Waals surface area contributed by atoms with Crippen molar-refractivity contribution in [3.63, 3.8) is 0 Å². The third-order valence-corrected chi connectivity index (χ3v) is 5.41. The highest BCUT2D eigenvalue weighted by molar-refractivity contribution is 8.15. The number of amides is 3. The Morgan fingerprint density at radius 1 is 1.11 bits per heavy atom. The SMILES string of the molecule is CCN(Cc1cccc(-c2ccc(CC3SC(=O)NC3=O)cc2)c1)C(=O)O. The molecule has 0 aromatic heterocycles. The number of carbonyl (C=O) groups excluding carboxylic acids is 2. The number of carbonyl (C=O) groups is 3. The standard InChI is InChI=1S/C20H20N2O4S/c1-2-22(20(25)26)12-14-4-3-5-16(10-14)15-8-6-13(7-9-15)11-17-18(23)21-19(24)27-17/h3-10,17H,2,11-12H2,1H3,(H,25,26)(H,21,23,24). The quantitative estimate of drug-likeness (QED) is 0.792. The minimum Gasteiger partial charge on any atom is -0.465 e. The molecular weight excluding hydrogens is 364 g/mol. The first-order valence-corrected chi connectivity index (χ1v) is 9.52. The molecule has 0 bridgehead atoms. The van der Waals surface area contributed by atoms with Gasteiger partial charge in [-0.1, -0.05) is 54.2 Å². The maximum atomic E-state index is 11.7. The van der Waals surface area contributed by atoms with Crippen LogP contribution in [0.4, 0.5) is 9.59 Å². The lowest BCUT2D eigenvalue weighted by atomic mass is 10.00. The second-order valence-corrected chi connectivity index (χ2v) is 7.46. The molecule has 1 atom stereocenters. The second-order valence-electron chi connectivity index (χ2n) is 6.28. The van der Waals surface area contributed by atoms with E-state index < -0.39 is 6.09 Å². The Kier molecular flexibility index (Phi) is 5.81. The van der Waals surface area contributed by atoms with Gasteiger partial charge in [0.2, 0.25) is 5.91 Å². The van der Waals surface area contributed by atoms with Crippen LogP contribution in [0.1, 0.15) is 18.1 Å². The number of carboxylic acid groups (broad SMARTS) is 1. The molecule has 27 heavy (non-hydrogen) atoms. The van der Waals surface area contributed by atoms with Gasteiger partial charge in [-0.2, -0.15) is 0 Å². The van der Waals surface area contributed by atoms with Crippen LogP contribution in [0.25, 0.3) is 11.1 Å². The zero-order chi connectivity index (χ0) is 19.4. The molecule has 2 N–H and O–H groups in total. The maximum Gasteiger partial charge on any atom is 0.407 e. The molecule has 0 aliphatic carbocycles. The number of benzene rings is 2. The highest BCUT2D eigenvalue weighted by Gasteiger charge is 2.31. The molecule has 140 valence electrons. The molecule has 2 aromatic carbocycles. The van der Waals surface area contributed by atoms with Crippen LogP contribution in [0.3, 0.4) is 0 Å². The van der Waals surface area contributed by atoms with Crippen LogP contribution in [-0.4, -0.2) is 39.0 Å². The summed E-state index contributed by atoms with van der Waals surface area (Å²) in [7, 11) is 0. The average molecular weight is 384 g/mol. The predicted molar refractivity (Wildman–Crippen MR) is 105 cm³/mol. The van der Waals surface area contributed by atoms with E-state index in [0.717, 1.165) is 34.0 Å². The van der Waals surface area contributed by atoms with Crippen LogP contribution in [-0.2, 0) is 17.8 Å². The fourth-order valence-corrected chi connectivity index (χ4v) is 3.82. The summed E-state index contributed by atoms with van der Waals surface area (Å²) in [6.07, 6.45) is -0.424. The third kappa shape index (κ3) is 4.68. The largest absolute Gasteiger partial charge is 0.465 e. The number of rotatable bonds is 6. The molecule has 7 heteroatoms. The van der Waals surface area contributed by atoms with Gasteiger partial charge in [-0.15, -0.1) is 0 Å². The number of nitrogens with zero attached hydrogens (tertiary/aromatic N) is 1. The summed E-state index contributed by atoms with van der Waals surface area (Å²) in [5.41, 5.74) is 3.93. The van der Waals surface area contributed by atoms with Crippen LogP contribution < -0.4 is 5.32 Å². The highest BCUT2D eigenvalue weighted by atomic mass is 32.2. The van der Waals surface area contributed by atoms with Crippen molar-refractivity contribution in [2.75, 3.05) is 6.54 Å². The summed E-state index contributed by atoms with van der Waals surface area (Å²) in [4.78, 5) is 35.5. The summed E-state index contributed by atoms with van der Waals surface area (Å²) in [5.74, 6) is -0.235. The lowest BCUT2D eigenvalue weighted by Gasteiger charge is -2.17. The maximum absolute atomic E-state index is 11.7. The van der Waals surface area contributed by atoms with Crippen LogP contribution >= 0.6 is 11.8 Å². The minimum atomic E-state index is -0.931. The van der Waals surface area contributed by atoms with E-state index in [-0.39, 0.29) is 16.4 Å². The smallest absolute Gasteiger partial charge is 0.407 e. The van der Waals surface area contributed by atoms with Crippen molar-refractivity contribution in [1.29, 1.82) is 0 Å². The van der Waals surface area contributed by atoms with Gasteiger partial charge in [-0.05, 0) is 41.7 Å². The number of thioether (sulfide) groups is 1. The Hall–Kier alpha value is -2.80. The number of imide groups is 1. The van der Waals surface area contributed by atoms with Gasteiger partial charge < -0.3 is 10.0 Å². The molecule has 2 aromatic rings. The molecule has 1 fully saturated rings. The summed E-state index contributed by atoms with van der Waals surface area (Å²) in [5, 5.41) is 10.8. The second kappa shape index (κ2) is 8.26. The van der Waals surface area contributed by atoms with Crippen LogP contribution in [0, 0.1) is 0 Å². The van der Waals surface area contributed by atoms with E-state index in [4.69, 9.17) is 0 Å². The fourth-order valence-electron chi connectivity index (χ4n) is 2.96. The molecule has 0 radical (unpaired) electrons. The topological polar surface area (TPSA) is 86.7 Å². The number of hydrogen-bond donors (Lipinski definition) is 2. The van der Waals surface area contributed by atoms with Gasteiger partial charge in [0.1, 0.15) is 0 Å². The summed E-state index contributed by atoms with van der Waals surface area (Å²) >= 11 is 1.03. The molecule has 1 unspecified atom stereocenters. The molecular formula is C20H20N2O4S. The van der Waals surface area contributed by atoms with Crippen LogP contribution in [0.2, 0.25) is 0 Å². The van der Waals surface area contributed by atoms with Crippen molar-refractivity contribution in [2.45, 2.75) is 25.1 Å². The van der Waals surface area contributed by atoms with E-state index >= 15 is 0 Å². The van der Waals surface area contributed by atoms with Crippen molar-refractivity contribution >= 4 is 29.0 Å². The molecule has 3 rings (SSSR count). The zero-order valence-corrected chi connectivity index (χ0v) is 15.7. The van der Waals surface area contributed by atoms with Gasteiger partial charge in [0.15, 0.2) is 0 Å².